The molecule has 0 amide bonds. The fraction of sp³-hybridized carbons (Fsp3) is 1.00. The molecule has 0 radical (unpaired) electrons. The van der Waals surface area contributed by atoms with E-state index in [2.05, 4.69) is 0 Å². The molecule has 0 atom stereocenters. The number of nitrogens with two attached hydrogens (primary N) is 1. The molecule has 0 spiro atoms. The highest BCUT2D eigenvalue weighted by Gasteiger charge is 2.50. The van der Waals surface area contributed by atoms with E-state index in [1.165, 1.54) is 12.8 Å². The lowest BCUT2D eigenvalue weighted by atomic mass is 9.73. The average molecular weight is 127 g/mol. The molecule has 1 saturated carbocycles. The fourth-order valence-corrected chi connectivity index (χ4v) is 2.06. The minimum Gasteiger partial charge on any atom is -0.375 e. The maximum atomic E-state index is 5.57. The van der Waals surface area contributed by atoms with Gasteiger partial charge in [-0.15, -0.1) is 0 Å². The largest absolute Gasteiger partial charge is 0.375 e. The van der Waals surface area contributed by atoms with Gasteiger partial charge in [-0.2, -0.15) is 0 Å². The summed E-state index contributed by atoms with van der Waals surface area (Å²) in [7, 11) is 0. The molecule has 9 heavy (non-hydrogen) atoms. The number of ether oxygens (including phenoxy) is 1. The van der Waals surface area contributed by atoms with Crippen LogP contribution in [0.1, 0.15) is 19.3 Å². The molecule has 3 rings (SSSR count). The molecule has 2 N–H and O–H groups in total. The van der Waals surface area contributed by atoms with Crippen molar-refractivity contribution in [3.05, 3.63) is 0 Å². The van der Waals surface area contributed by atoms with Crippen molar-refractivity contribution in [1.29, 1.82) is 0 Å². The Bertz CT molecular complexity index is 113. The van der Waals surface area contributed by atoms with Gasteiger partial charge in [-0.1, -0.05) is 0 Å². The van der Waals surface area contributed by atoms with Crippen LogP contribution < -0.4 is 5.73 Å². The Balaban J connectivity index is 1.95. The van der Waals surface area contributed by atoms with Crippen molar-refractivity contribution in [3.63, 3.8) is 0 Å². The SMILES string of the molecule is NCCC12CC(CO1)C2. The molecule has 2 saturated heterocycles. The van der Waals surface area contributed by atoms with Crippen LogP contribution in [-0.4, -0.2) is 18.8 Å². The van der Waals surface area contributed by atoms with Crippen molar-refractivity contribution in [2.75, 3.05) is 13.2 Å². The summed E-state index contributed by atoms with van der Waals surface area (Å²) in [5, 5.41) is 0. The third-order valence-electron chi connectivity index (χ3n) is 2.55. The standard InChI is InChI=1S/C7H13NO/c8-2-1-7-3-6(4-7)5-9-7/h6H,1-5,8H2. The van der Waals surface area contributed by atoms with Gasteiger partial charge < -0.3 is 10.5 Å². The predicted molar refractivity (Wildman–Crippen MR) is 35.1 cm³/mol. The molecule has 2 heterocycles. The van der Waals surface area contributed by atoms with Crippen LogP contribution in [-0.2, 0) is 4.74 Å². The highest BCUT2D eigenvalue weighted by molar-refractivity contribution is 5.01. The fourth-order valence-electron chi connectivity index (χ4n) is 2.06. The highest BCUT2D eigenvalue weighted by Crippen LogP contribution is 2.49. The lowest BCUT2D eigenvalue weighted by Gasteiger charge is -2.35. The molecule has 52 valence electrons. The van der Waals surface area contributed by atoms with Crippen LogP contribution in [0.25, 0.3) is 0 Å². The first kappa shape index (κ1) is 5.69. The van der Waals surface area contributed by atoms with Gasteiger partial charge in [0.25, 0.3) is 0 Å². The smallest absolute Gasteiger partial charge is 0.0701 e. The molecule has 2 heteroatoms. The maximum Gasteiger partial charge on any atom is 0.0701 e. The second-order valence-electron chi connectivity index (χ2n) is 3.31. The predicted octanol–water partition coefficient (Wildman–Crippen LogP) is 0.514. The van der Waals surface area contributed by atoms with E-state index in [4.69, 9.17) is 10.5 Å². The van der Waals surface area contributed by atoms with Crippen molar-refractivity contribution in [3.8, 4) is 0 Å². The van der Waals surface area contributed by atoms with Crippen molar-refractivity contribution in [2.45, 2.75) is 24.9 Å². The molecule has 0 aromatic rings. The molecule has 0 aromatic carbocycles. The summed E-state index contributed by atoms with van der Waals surface area (Å²) in [6.45, 7) is 1.78. The number of hydrogen-bond donors (Lipinski definition) is 1. The summed E-state index contributed by atoms with van der Waals surface area (Å²) in [6.07, 6.45) is 3.64. The Morgan fingerprint density at radius 2 is 2.33 bits per heavy atom. The zero-order valence-electron chi connectivity index (χ0n) is 5.60. The van der Waals surface area contributed by atoms with Gasteiger partial charge in [-0.05, 0) is 31.7 Å². The third-order valence-corrected chi connectivity index (χ3v) is 2.55. The third kappa shape index (κ3) is 0.700. The molecule has 0 unspecified atom stereocenters. The van der Waals surface area contributed by atoms with E-state index in [0.29, 0.717) is 0 Å². The summed E-state index contributed by atoms with van der Waals surface area (Å²) >= 11 is 0. The first-order valence-corrected chi connectivity index (χ1v) is 3.69. The summed E-state index contributed by atoms with van der Waals surface area (Å²) < 4.78 is 5.57. The van der Waals surface area contributed by atoms with E-state index in [9.17, 15) is 0 Å². The van der Waals surface area contributed by atoms with E-state index in [0.717, 1.165) is 25.5 Å². The van der Waals surface area contributed by atoms with Gasteiger partial charge in [0, 0.05) is 0 Å². The zero-order valence-corrected chi connectivity index (χ0v) is 5.60. The average Bonchev–Trinajstić information content (AvgIpc) is 2.22. The van der Waals surface area contributed by atoms with Crippen LogP contribution >= 0.6 is 0 Å². The Kier molecular flexibility index (Phi) is 1.08. The van der Waals surface area contributed by atoms with Gasteiger partial charge in [-0.25, -0.2) is 0 Å². The van der Waals surface area contributed by atoms with Gasteiger partial charge in [0.15, 0.2) is 0 Å². The summed E-state index contributed by atoms with van der Waals surface area (Å²) in [5.41, 5.74) is 5.70. The van der Waals surface area contributed by atoms with E-state index in [1.54, 1.807) is 0 Å². The van der Waals surface area contributed by atoms with E-state index in [-0.39, 0.29) is 5.60 Å². The van der Waals surface area contributed by atoms with Crippen LogP contribution in [0.4, 0.5) is 0 Å². The molecule has 2 aliphatic heterocycles. The highest BCUT2D eigenvalue weighted by atomic mass is 16.5. The zero-order chi connectivity index (χ0) is 6.32. The maximum absolute atomic E-state index is 5.57. The summed E-state index contributed by atoms with van der Waals surface area (Å²) in [6, 6.07) is 0. The monoisotopic (exact) mass is 127 g/mol. The molecular weight excluding hydrogens is 114 g/mol. The Morgan fingerprint density at radius 1 is 1.56 bits per heavy atom. The van der Waals surface area contributed by atoms with Crippen molar-refractivity contribution < 1.29 is 4.74 Å². The second kappa shape index (κ2) is 1.70. The second-order valence-corrected chi connectivity index (χ2v) is 3.31. The molecule has 2 nitrogen and oxygen atoms in total. The van der Waals surface area contributed by atoms with Crippen molar-refractivity contribution in [2.24, 2.45) is 11.7 Å². The molecule has 2 bridgehead atoms. The first-order chi connectivity index (χ1) is 4.35. The van der Waals surface area contributed by atoms with Crippen LogP contribution in [0.3, 0.4) is 0 Å². The van der Waals surface area contributed by atoms with Gasteiger partial charge >= 0.3 is 0 Å². The van der Waals surface area contributed by atoms with Crippen LogP contribution in [0.5, 0.6) is 0 Å². The van der Waals surface area contributed by atoms with Crippen LogP contribution in [0.15, 0.2) is 0 Å². The number of rotatable bonds is 2. The number of fused-ring (bicyclic) bond motifs is 1. The Morgan fingerprint density at radius 3 is 2.78 bits per heavy atom. The quantitative estimate of drug-likeness (QED) is 0.586. The van der Waals surface area contributed by atoms with Gasteiger partial charge in [0.2, 0.25) is 0 Å². The minimum atomic E-state index is 0.263. The normalized spacial score (nSPS) is 47.0. The molecule has 3 aliphatic rings. The van der Waals surface area contributed by atoms with E-state index < -0.39 is 0 Å². The van der Waals surface area contributed by atoms with Crippen molar-refractivity contribution in [1.82, 2.24) is 0 Å². The van der Waals surface area contributed by atoms with Gasteiger partial charge in [-0.3, -0.25) is 0 Å². The Labute approximate surface area is 55.4 Å². The minimum absolute atomic E-state index is 0.263. The molecule has 0 aromatic heterocycles. The summed E-state index contributed by atoms with van der Waals surface area (Å²) in [5.74, 6) is 0.886. The topological polar surface area (TPSA) is 35.2 Å². The Hall–Kier alpha value is -0.0800. The van der Waals surface area contributed by atoms with Crippen LogP contribution in [0, 0.1) is 5.92 Å². The number of hydrogen-bond acceptors (Lipinski definition) is 2. The summed E-state index contributed by atoms with van der Waals surface area (Å²) in [4.78, 5) is 0. The van der Waals surface area contributed by atoms with Crippen molar-refractivity contribution >= 4 is 0 Å². The molecular formula is C7H13NO. The van der Waals surface area contributed by atoms with Gasteiger partial charge in [0.1, 0.15) is 0 Å². The lowest BCUT2D eigenvalue weighted by Crippen LogP contribution is -2.38. The van der Waals surface area contributed by atoms with E-state index in [1.807, 2.05) is 0 Å². The lowest BCUT2D eigenvalue weighted by molar-refractivity contribution is -0.00354. The molecule has 3 fully saturated rings. The van der Waals surface area contributed by atoms with Crippen LogP contribution in [0.2, 0.25) is 0 Å². The molecule has 1 aliphatic carbocycles. The first-order valence-electron chi connectivity index (χ1n) is 3.69. The van der Waals surface area contributed by atoms with E-state index >= 15 is 0 Å². The van der Waals surface area contributed by atoms with Gasteiger partial charge in [0.05, 0.1) is 12.2 Å².